The molecule has 0 bridgehead atoms. The molecule has 1 N–H and O–H groups in total. The van der Waals surface area contributed by atoms with Gasteiger partial charge in [0.05, 0.1) is 31.3 Å². The first-order chi connectivity index (χ1) is 14.7. The van der Waals surface area contributed by atoms with Crippen molar-refractivity contribution >= 4 is 50.5 Å². The van der Waals surface area contributed by atoms with Crippen molar-refractivity contribution in [2.75, 3.05) is 43.5 Å². The molecular formula is C20H23BrN6O2S. The lowest BCUT2D eigenvalue weighted by atomic mass is 10.2. The van der Waals surface area contributed by atoms with Crippen LogP contribution in [0, 0.1) is 0 Å². The lowest BCUT2D eigenvalue weighted by molar-refractivity contribution is 0.0952. The second-order valence-corrected chi connectivity index (χ2v) is 8.88. The topological polar surface area (TPSA) is 85.2 Å². The van der Waals surface area contributed by atoms with E-state index in [9.17, 15) is 4.79 Å². The predicted molar refractivity (Wildman–Crippen MR) is 121 cm³/mol. The normalized spacial score (nSPS) is 14.3. The zero-order valence-electron chi connectivity index (χ0n) is 16.7. The number of fused-ring (bicyclic) bond motifs is 1. The van der Waals surface area contributed by atoms with Crippen molar-refractivity contribution < 1.29 is 9.53 Å². The first kappa shape index (κ1) is 21.1. The van der Waals surface area contributed by atoms with E-state index < -0.39 is 0 Å². The molecule has 2 aromatic heterocycles. The molecule has 1 amide bonds. The van der Waals surface area contributed by atoms with Gasteiger partial charge in [0.1, 0.15) is 5.82 Å². The van der Waals surface area contributed by atoms with Crippen molar-refractivity contribution in [3.05, 3.63) is 40.5 Å². The summed E-state index contributed by atoms with van der Waals surface area (Å²) in [7, 11) is 0. The van der Waals surface area contributed by atoms with E-state index in [2.05, 4.69) is 38.2 Å². The maximum absolute atomic E-state index is 12.4. The molecule has 0 atom stereocenters. The Bertz CT molecular complexity index is 1040. The van der Waals surface area contributed by atoms with Gasteiger partial charge in [-0.15, -0.1) is 0 Å². The summed E-state index contributed by atoms with van der Waals surface area (Å²) in [6, 6.07) is 7.33. The minimum absolute atomic E-state index is 0.112. The number of carbonyl (C=O) groups excluding carboxylic acids is 1. The highest BCUT2D eigenvalue weighted by molar-refractivity contribution is 9.10. The third-order valence-electron chi connectivity index (χ3n) is 4.74. The standard InChI is InChI=1S/C20H23BrN6O2S/c1-2-30-20-24-17(26-8-10-29-11-9-26)16-13-23-27(18(16)25-20)7-6-22-19(28)14-4-3-5-15(21)12-14/h3-5,12-13H,2,6-11H2,1H3,(H,22,28). The molecule has 8 nitrogen and oxygen atoms in total. The van der Waals surface area contributed by atoms with E-state index in [0.717, 1.165) is 45.3 Å². The van der Waals surface area contributed by atoms with Gasteiger partial charge >= 0.3 is 0 Å². The Kier molecular flexibility index (Phi) is 6.86. The summed E-state index contributed by atoms with van der Waals surface area (Å²) in [6.45, 7) is 6.05. The van der Waals surface area contributed by atoms with Gasteiger partial charge in [-0.05, 0) is 24.0 Å². The Morgan fingerprint density at radius 3 is 2.90 bits per heavy atom. The van der Waals surface area contributed by atoms with E-state index >= 15 is 0 Å². The number of aromatic nitrogens is 4. The molecule has 10 heteroatoms. The zero-order chi connectivity index (χ0) is 20.9. The number of benzene rings is 1. The number of halogens is 1. The predicted octanol–water partition coefficient (Wildman–Crippen LogP) is 2.97. The van der Waals surface area contributed by atoms with E-state index in [0.29, 0.717) is 31.9 Å². The smallest absolute Gasteiger partial charge is 0.251 e. The molecule has 158 valence electrons. The van der Waals surface area contributed by atoms with Crippen LogP contribution in [0.3, 0.4) is 0 Å². The highest BCUT2D eigenvalue weighted by atomic mass is 79.9. The van der Waals surface area contributed by atoms with Crippen molar-refractivity contribution in [1.82, 2.24) is 25.1 Å². The Hall–Kier alpha value is -2.17. The summed E-state index contributed by atoms with van der Waals surface area (Å²) >= 11 is 5.01. The quantitative estimate of drug-likeness (QED) is 0.402. The number of thioether (sulfide) groups is 1. The van der Waals surface area contributed by atoms with Gasteiger partial charge in [0.15, 0.2) is 10.8 Å². The van der Waals surface area contributed by atoms with E-state index in [4.69, 9.17) is 14.7 Å². The number of rotatable bonds is 7. The Morgan fingerprint density at radius 1 is 1.30 bits per heavy atom. The van der Waals surface area contributed by atoms with Crippen molar-refractivity contribution in [2.45, 2.75) is 18.6 Å². The lowest BCUT2D eigenvalue weighted by Gasteiger charge is -2.28. The van der Waals surface area contributed by atoms with Gasteiger partial charge < -0.3 is 15.0 Å². The van der Waals surface area contributed by atoms with Crippen LogP contribution in [0.5, 0.6) is 0 Å². The monoisotopic (exact) mass is 490 g/mol. The average Bonchev–Trinajstić information content (AvgIpc) is 3.17. The maximum atomic E-state index is 12.4. The van der Waals surface area contributed by atoms with Crippen LogP contribution >= 0.6 is 27.7 Å². The molecule has 30 heavy (non-hydrogen) atoms. The molecule has 1 aromatic carbocycles. The van der Waals surface area contributed by atoms with Crippen molar-refractivity contribution in [1.29, 1.82) is 0 Å². The number of ether oxygens (including phenoxy) is 1. The molecule has 1 aliphatic rings. The van der Waals surface area contributed by atoms with Crippen LogP contribution in [0.4, 0.5) is 5.82 Å². The molecule has 3 heterocycles. The number of nitrogens with one attached hydrogen (secondary N) is 1. The van der Waals surface area contributed by atoms with Crippen molar-refractivity contribution in [2.24, 2.45) is 0 Å². The molecule has 0 spiro atoms. The molecule has 1 saturated heterocycles. The van der Waals surface area contributed by atoms with Crippen LogP contribution < -0.4 is 10.2 Å². The molecule has 0 unspecified atom stereocenters. The van der Waals surface area contributed by atoms with Crippen molar-refractivity contribution in [3.8, 4) is 0 Å². The van der Waals surface area contributed by atoms with Gasteiger partial charge in [0.2, 0.25) is 0 Å². The van der Waals surface area contributed by atoms with E-state index in [1.807, 2.05) is 23.0 Å². The van der Waals surface area contributed by atoms with Gasteiger partial charge in [0, 0.05) is 29.7 Å². The fourth-order valence-corrected chi connectivity index (χ4v) is 4.26. The second kappa shape index (κ2) is 9.76. The number of morpholine rings is 1. The summed E-state index contributed by atoms with van der Waals surface area (Å²) < 4.78 is 8.19. The number of hydrogen-bond acceptors (Lipinski definition) is 7. The summed E-state index contributed by atoms with van der Waals surface area (Å²) in [4.78, 5) is 24.1. The molecule has 4 rings (SSSR count). The fraction of sp³-hybridized carbons (Fsp3) is 0.400. The first-order valence-electron chi connectivity index (χ1n) is 9.88. The van der Waals surface area contributed by atoms with Crippen LogP contribution in [0.15, 0.2) is 40.1 Å². The number of hydrogen-bond donors (Lipinski definition) is 1. The number of carbonyl (C=O) groups is 1. The van der Waals surface area contributed by atoms with Crippen LogP contribution in [0.25, 0.3) is 11.0 Å². The number of nitrogens with zero attached hydrogens (tertiary/aromatic N) is 5. The van der Waals surface area contributed by atoms with E-state index in [-0.39, 0.29) is 5.91 Å². The van der Waals surface area contributed by atoms with Crippen molar-refractivity contribution in [3.63, 3.8) is 0 Å². The Morgan fingerprint density at radius 2 is 2.13 bits per heavy atom. The van der Waals surface area contributed by atoms with Crippen LogP contribution in [-0.2, 0) is 11.3 Å². The maximum Gasteiger partial charge on any atom is 0.251 e. The third kappa shape index (κ3) is 4.76. The molecule has 0 aliphatic carbocycles. The highest BCUT2D eigenvalue weighted by Crippen LogP contribution is 2.27. The summed E-state index contributed by atoms with van der Waals surface area (Å²) in [5.41, 5.74) is 1.41. The zero-order valence-corrected chi connectivity index (χ0v) is 19.1. The van der Waals surface area contributed by atoms with Crippen LogP contribution in [0.2, 0.25) is 0 Å². The van der Waals surface area contributed by atoms with E-state index in [1.165, 1.54) is 0 Å². The SMILES string of the molecule is CCSc1nc(N2CCOCC2)c2cnn(CCNC(=O)c3cccc(Br)c3)c2n1. The highest BCUT2D eigenvalue weighted by Gasteiger charge is 2.20. The molecule has 0 radical (unpaired) electrons. The Balaban J connectivity index is 1.52. The number of anilines is 1. The molecular weight excluding hydrogens is 468 g/mol. The summed E-state index contributed by atoms with van der Waals surface area (Å²) in [5.74, 6) is 1.69. The molecule has 0 saturated carbocycles. The van der Waals surface area contributed by atoms with Gasteiger partial charge in [-0.3, -0.25) is 4.79 Å². The van der Waals surface area contributed by atoms with Gasteiger partial charge in [-0.25, -0.2) is 14.6 Å². The molecule has 1 aliphatic heterocycles. The summed E-state index contributed by atoms with van der Waals surface area (Å²) in [5, 5.41) is 9.14. The first-order valence-corrected chi connectivity index (χ1v) is 11.7. The minimum atomic E-state index is -0.112. The van der Waals surface area contributed by atoms with Crippen LogP contribution in [0.1, 0.15) is 17.3 Å². The third-order valence-corrected chi connectivity index (χ3v) is 5.96. The van der Waals surface area contributed by atoms with Crippen LogP contribution in [-0.4, -0.2) is 64.3 Å². The number of amides is 1. The lowest BCUT2D eigenvalue weighted by Crippen LogP contribution is -2.37. The fourth-order valence-electron chi connectivity index (χ4n) is 3.30. The van der Waals surface area contributed by atoms with Gasteiger partial charge in [0.25, 0.3) is 5.91 Å². The summed E-state index contributed by atoms with van der Waals surface area (Å²) in [6.07, 6.45) is 1.82. The van der Waals surface area contributed by atoms with Gasteiger partial charge in [-0.2, -0.15) is 5.10 Å². The molecule has 3 aromatic rings. The average molecular weight is 491 g/mol. The van der Waals surface area contributed by atoms with Gasteiger partial charge in [-0.1, -0.05) is 40.7 Å². The Labute approximate surface area is 187 Å². The largest absolute Gasteiger partial charge is 0.378 e. The van der Waals surface area contributed by atoms with E-state index in [1.54, 1.807) is 23.9 Å². The molecule has 1 fully saturated rings. The second-order valence-electron chi connectivity index (χ2n) is 6.73. The minimum Gasteiger partial charge on any atom is -0.378 e.